The molecule has 0 bridgehead atoms. The van der Waals surface area contributed by atoms with Gasteiger partial charge in [-0.15, -0.1) is 0 Å². The van der Waals surface area contributed by atoms with Crippen molar-refractivity contribution in [3.8, 4) is 0 Å². The molecular formula is C27H27F6N5O2S. The van der Waals surface area contributed by atoms with Gasteiger partial charge in [-0.2, -0.15) is 13.2 Å². The Bertz CT molecular complexity index is 1500. The van der Waals surface area contributed by atoms with E-state index in [-0.39, 0.29) is 23.1 Å². The van der Waals surface area contributed by atoms with Gasteiger partial charge in [0.2, 0.25) is 0 Å². The summed E-state index contributed by atoms with van der Waals surface area (Å²) in [6.07, 6.45) is 0.337. The highest BCUT2D eigenvalue weighted by Gasteiger charge is 2.40. The summed E-state index contributed by atoms with van der Waals surface area (Å²) < 4.78 is 113. The summed E-state index contributed by atoms with van der Waals surface area (Å²) in [4.78, 5) is 8.61. The third-order valence-corrected chi connectivity index (χ3v) is 9.04. The second kappa shape index (κ2) is 11.5. The molecule has 1 aromatic heterocycles. The standard InChI is InChI=1S/C27H27F6N5O2S/c28-19-14-24(41(39,40)37-25-8-9-34-15-35-25)20(29)13-22(19)36-21-7-6-16(12-23(21)38-10-1-2-11-38)17-4-3-5-18(26(17)30)27(31,32)33/h3-5,8-9,13-16,21,23,36H,1-2,6-7,10-12H2,(H,34,35,37). The van der Waals surface area contributed by atoms with Gasteiger partial charge in [0.1, 0.15) is 34.5 Å². The van der Waals surface area contributed by atoms with Crippen LogP contribution in [0.4, 0.5) is 37.8 Å². The number of sulfonamides is 1. The molecule has 3 unspecified atom stereocenters. The van der Waals surface area contributed by atoms with E-state index in [1.54, 1.807) is 0 Å². The first-order valence-corrected chi connectivity index (χ1v) is 14.6. The predicted octanol–water partition coefficient (Wildman–Crippen LogP) is 5.93. The van der Waals surface area contributed by atoms with Crippen molar-refractivity contribution in [1.29, 1.82) is 0 Å². The van der Waals surface area contributed by atoms with Gasteiger partial charge < -0.3 is 5.32 Å². The van der Waals surface area contributed by atoms with Crippen molar-refractivity contribution in [2.75, 3.05) is 23.1 Å². The van der Waals surface area contributed by atoms with Gasteiger partial charge in [-0.1, -0.05) is 12.1 Å². The normalized spacial score (nSPS) is 22.0. The summed E-state index contributed by atoms with van der Waals surface area (Å²) in [5.74, 6) is -4.09. The topological polar surface area (TPSA) is 87.2 Å². The highest BCUT2D eigenvalue weighted by Crippen LogP contribution is 2.41. The van der Waals surface area contributed by atoms with E-state index < -0.39 is 56.1 Å². The number of aromatic nitrogens is 2. The van der Waals surface area contributed by atoms with Crippen LogP contribution < -0.4 is 10.0 Å². The molecular weight excluding hydrogens is 572 g/mol. The van der Waals surface area contributed by atoms with E-state index in [1.165, 1.54) is 24.4 Å². The summed E-state index contributed by atoms with van der Waals surface area (Å²) in [6, 6.07) is 5.15. The summed E-state index contributed by atoms with van der Waals surface area (Å²) >= 11 is 0. The SMILES string of the molecule is O=S(=O)(Nc1ccncn1)c1cc(F)c(NC2CCC(c3cccc(C(F)(F)F)c3F)CC2N2CCCC2)cc1F. The first-order chi connectivity index (χ1) is 19.4. The zero-order valence-electron chi connectivity index (χ0n) is 21.6. The van der Waals surface area contributed by atoms with E-state index in [1.807, 2.05) is 0 Å². The Morgan fingerprint density at radius 2 is 1.73 bits per heavy atom. The van der Waals surface area contributed by atoms with Crippen molar-refractivity contribution in [1.82, 2.24) is 14.9 Å². The number of rotatable bonds is 7. The van der Waals surface area contributed by atoms with Crippen molar-refractivity contribution < 1.29 is 34.8 Å². The number of hydrogen-bond donors (Lipinski definition) is 2. The van der Waals surface area contributed by atoms with Crippen LogP contribution in [0.15, 0.2) is 53.8 Å². The van der Waals surface area contributed by atoms with Crippen LogP contribution in [-0.4, -0.2) is 48.5 Å². The smallest absolute Gasteiger partial charge is 0.378 e. The number of anilines is 2. The molecule has 0 spiro atoms. The van der Waals surface area contributed by atoms with Gasteiger partial charge in [-0.3, -0.25) is 9.62 Å². The first-order valence-electron chi connectivity index (χ1n) is 13.1. The quantitative estimate of drug-likeness (QED) is 0.328. The number of benzene rings is 2. The second-order valence-electron chi connectivity index (χ2n) is 10.2. The van der Waals surface area contributed by atoms with Crippen molar-refractivity contribution in [2.45, 2.75) is 61.2 Å². The molecule has 5 rings (SSSR count). The molecule has 3 atom stereocenters. The molecule has 2 fully saturated rings. The predicted molar refractivity (Wildman–Crippen MR) is 139 cm³/mol. The van der Waals surface area contributed by atoms with Crippen molar-refractivity contribution in [3.05, 3.63) is 77.5 Å². The van der Waals surface area contributed by atoms with Gasteiger partial charge in [-0.05, 0) is 74.9 Å². The van der Waals surface area contributed by atoms with Crippen LogP contribution >= 0.6 is 0 Å². The van der Waals surface area contributed by atoms with E-state index in [2.05, 4.69) is 24.9 Å². The Hall–Kier alpha value is -3.39. The van der Waals surface area contributed by atoms with E-state index in [9.17, 15) is 26.0 Å². The monoisotopic (exact) mass is 599 g/mol. The average molecular weight is 600 g/mol. The Morgan fingerprint density at radius 3 is 2.41 bits per heavy atom. The largest absolute Gasteiger partial charge is 0.419 e. The molecule has 7 nitrogen and oxygen atoms in total. The number of alkyl halides is 3. The number of likely N-dealkylation sites (tertiary alicyclic amines) is 1. The zero-order chi connectivity index (χ0) is 29.4. The lowest BCUT2D eigenvalue weighted by molar-refractivity contribution is -0.140. The lowest BCUT2D eigenvalue weighted by Gasteiger charge is -2.42. The number of nitrogens with one attached hydrogen (secondary N) is 2. The van der Waals surface area contributed by atoms with E-state index >= 15 is 8.78 Å². The van der Waals surface area contributed by atoms with Gasteiger partial charge >= 0.3 is 6.18 Å². The minimum atomic E-state index is -4.82. The van der Waals surface area contributed by atoms with Crippen molar-refractivity contribution in [3.63, 3.8) is 0 Å². The molecule has 220 valence electrons. The molecule has 2 aliphatic rings. The number of halogens is 6. The minimum Gasteiger partial charge on any atom is -0.378 e. The first kappa shape index (κ1) is 29.1. The van der Waals surface area contributed by atoms with E-state index in [0.717, 1.165) is 25.2 Å². The number of nitrogens with zero attached hydrogens (tertiary/aromatic N) is 3. The zero-order valence-corrected chi connectivity index (χ0v) is 22.5. The molecule has 2 heterocycles. The molecule has 14 heteroatoms. The van der Waals surface area contributed by atoms with Crippen LogP contribution in [0, 0.1) is 17.5 Å². The maximum absolute atomic E-state index is 15.2. The van der Waals surface area contributed by atoms with Crippen LogP contribution in [-0.2, 0) is 16.2 Å². The van der Waals surface area contributed by atoms with Crippen LogP contribution in [0.1, 0.15) is 49.1 Å². The lowest BCUT2D eigenvalue weighted by atomic mass is 9.77. The van der Waals surface area contributed by atoms with E-state index in [0.29, 0.717) is 44.5 Å². The van der Waals surface area contributed by atoms with Crippen LogP contribution in [0.2, 0.25) is 0 Å². The minimum absolute atomic E-state index is 0.00885. The Labute approximate surface area is 233 Å². The average Bonchev–Trinajstić information content (AvgIpc) is 3.45. The van der Waals surface area contributed by atoms with Gasteiger partial charge in [0.05, 0.1) is 11.3 Å². The third kappa shape index (κ3) is 6.27. The summed E-state index contributed by atoms with van der Waals surface area (Å²) in [6.45, 7) is 1.42. The lowest BCUT2D eigenvalue weighted by Crippen LogP contribution is -2.49. The molecule has 1 aliphatic heterocycles. The third-order valence-electron chi connectivity index (χ3n) is 7.67. The van der Waals surface area contributed by atoms with Crippen LogP contribution in [0.25, 0.3) is 0 Å². The Balaban J connectivity index is 1.38. The molecule has 0 radical (unpaired) electrons. The van der Waals surface area contributed by atoms with Crippen LogP contribution in [0.5, 0.6) is 0 Å². The fourth-order valence-corrected chi connectivity index (χ4v) is 6.83. The summed E-state index contributed by atoms with van der Waals surface area (Å²) in [5, 5.41) is 3.00. The summed E-state index contributed by atoms with van der Waals surface area (Å²) in [5.41, 5.74) is -1.57. The van der Waals surface area contributed by atoms with E-state index in [4.69, 9.17) is 0 Å². The van der Waals surface area contributed by atoms with Gasteiger partial charge in [0, 0.05) is 24.3 Å². The Morgan fingerprint density at radius 1 is 0.976 bits per heavy atom. The van der Waals surface area contributed by atoms with Gasteiger partial charge in [-0.25, -0.2) is 31.6 Å². The van der Waals surface area contributed by atoms with Crippen molar-refractivity contribution >= 4 is 21.5 Å². The number of hydrogen-bond acceptors (Lipinski definition) is 6. The van der Waals surface area contributed by atoms with Crippen LogP contribution in [0.3, 0.4) is 0 Å². The maximum Gasteiger partial charge on any atom is 0.419 e. The Kier molecular flexibility index (Phi) is 8.15. The molecule has 1 saturated carbocycles. The molecule has 41 heavy (non-hydrogen) atoms. The second-order valence-corrected chi connectivity index (χ2v) is 11.9. The summed E-state index contributed by atoms with van der Waals surface area (Å²) in [7, 11) is -4.50. The molecule has 2 aromatic carbocycles. The fraction of sp³-hybridized carbons (Fsp3) is 0.407. The molecule has 3 aromatic rings. The highest BCUT2D eigenvalue weighted by molar-refractivity contribution is 7.92. The molecule has 0 amide bonds. The fourth-order valence-electron chi connectivity index (χ4n) is 5.75. The highest BCUT2D eigenvalue weighted by atomic mass is 32.2. The van der Waals surface area contributed by atoms with Crippen molar-refractivity contribution in [2.24, 2.45) is 0 Å². The van der Waals surface area contributed by atoms with Gasteiger partial charge in [0.15, 0.2) is 0 Å². The maximum atomic E-state index is 15.2. The van der Waals surface area contributed by atoms with Gasteiger partial charge in [0.25, 0.3) is 10.0 Å². The molecule has 2 N–H and O–H groups in total. The molecule has 1 aliphatic carbocycles. The molecule has 1 saturated heterocycles.